The highest BCUT2D eigenvalue weighted by Crippen LogP contribution is 2.23. The molecule has 1 aliphatic rings. The third kappa shape index (κ3) is 4.08. The van der Waals surface area contributed by atoms with E-state index in [1.54, 1.807) is 6.07 Å². The Morgan fingerprint density at radius 2 is 2.25 bits per heavy atom. The Balaban J connectivity index is 0.00000200. The largest absolute Gasteiger partial charge is 0.494 e. The molecule has 0 bridgehead atoms. The van der Waals surface area contributed by atoms with E-state index >= 15 is 0 Å². The van der Waals surface area contributed by atoms with Crippen LogP contribution in [0.1, 0.15) is 19.8 Å². The third-order valence-corrected chi connectivity index (χ3v) is 3.41. The molecule has 6 heteroatoms. The van der Waals surface area contributed by atoms with Crippen molar-refractivity contribution >= 4 is 24.0 Å². The summed E-state index contributed by atoms with van der Waals surface area (Å²) in [6, 6.07) is 4.78. The van der Waals surface area contributed by atoms with E-state index in [-0.39, 0.29) is 30.0 Å². The molecular weight excluding hydrogens is 283 g/mol. The topological polar surface area (TPSA) is 50.4 Å². The first-order valence-electron chi connectivity index (χ1n) is 6.48. The number of methoxy groups -OCH3 is 1. The predicted molar refractivity (Wildman–Crippen MR) is 79.0 cm³/mol. The standard InChI is InChI=1S/C14H19FN2O2.ClH/c1-9-7-10(5-6-16-9)14(18)17-11-3-4-13(19-2)12(15)8-11;/h3-4,8-10,16H,5-7H2,1-2H3,(H,17,18);1H/t9-,10-;/m0./s1. The lowest BCUT2D eigenvalue weighted by Gasteiger charge is -2.27. The van der Waals surface area contributed by atoms with Crippen molar-refractivity contribution in [3.05, 3.63) is 24.0 Å². The molecule has 1 fully saturated rings. The van der Waals surface area contributed by atoms with Crippen LogP contribution in [-0.2, 0) is 4.79 Å². The van der Waals surface area contributed by atoms with E-state index in [2.05, 4.69) is 17.6 Å². The maximum Gasteiger partial charge on any atom is 0.227 e. The van der Waals surface area contributed by atoms with E-state index in [0.29, 0.717) is 11.7 Å². The van der Waals surface area contributed by atoms with Crippen LogP contribution >= 0.6 is 12.4 Å². The molecule has 1 amide bonds. The lowest BCUT2D eigenvalue weighted by molar-refractivity contribution is -0.120. The second kappa shape index (κ2) is 7.45. The van der Waals surface area contributed by atoms with Gasteiger partial charge in [-0.15, -0.1) is 12.4 Å². The van der Waals surface area contributed by atoms with Crippen LogP contribution in [-0.4, -0.2) is 25.6 Å². The fraction of sp³-hybridized carbons (Fsp3) is 0.500. The summed E-state index contributed by atoms with van der Waals surface area (Å²) in [6.45, 7) is 2.91. The van der Waals surface area contributed by atoms with Crippen LogP contribution in [0.15, 0.2) is 18.2 Å². The Morgan fingerprint density at radius 1 is 1.50 bits per heavy atom. The van der Waals surface area contributed by atoms with Gasteiger partial charge in [-0.2, -0.15) is 0 Å². The van der Waals surface area contributed by atoms with E-state index in [1.807, 2.05) is 0 Å². The van der Waals surface area contributed by atoms with Gasteiger partial charge in [0, 0.05) is 23.7 Å². The fourth-order valence-corrected chi connectivity index (χ4v) is 2.36. The van der Waals surface area contributed by atoms with Crippen LogP contribution in [0.5, 0.6) is 5.75 Å². The minimum atomic E-state index is -0.473. The highest BCUT2D eigenvalue weighted by atomic mass is 35.5. The third-order valence-electron chi connectivity index (χ3n) is 3.41. The molecule has 0 spiro atoms. The van der Waals surface area contributed by atoms with Gasteiger partial charge < -0.3 is 15.4 Å². The molecule has 4 nitrogen and oxygen atoms in total. The van der Waals surface area contributed by atoms with Crippen molar-refractivity contribution in [1.29, 1.82) is 0 Å². The van der Waals surface area contributed by atoms with E-state index in [1.165, 1.54) is 19.2 Å². The second-order valence-electron chi connectivity index (χ2n) is 4.92. The van der Waals surface area contributed by atoms with E-state index in [4.69, 9.17) is 4.74 Å². The van der Waals surface area contributed by atoms with Crippen LogP contribution in [0.2, 0.25) is 0 Å². The van der Waals surface area contributed by atoms with Gasteiger partial charge in [0.05, 0.1) is 7.11 Å². The highest BCUT2D eigenvalue weighted by molar-refractivity contribution is 5.92. The number of carbonyl (C=O) groups is 1. The van der Waals surface area contributed by atoms with Gasteiger partial charge in [-0.25, -0.2) is 4.39 Å². The molecule has 2 atom stereocenters. The number of ether oxygens (including phenoxy) is 1. The molecule has 0 radical (unpaired) electrons. The first-order valence-corrected chi connectivity index (χ1v) is 6.48. The smallest absolute Gasteiger partial charge is 0.227 e. The van der Waals surface area contributed by atoms with Gasteiger partial charge in [-0.05, 0) is 38.4 Å². The zero-order chi connectivity index (χ0) is 13.8. The minimum absolute atomic E-state index is 0. The lowest BCUT2D eigenvalue weighted by atomic mass is 9.92. The fourth-order valence-electron chi connectivity index (χ4n) is 2.36. The Morgan fingerprint density at radius 3 is 2.85 bits per heavy atom. The molecule has 112 valence electrons. The Bertz CT molecular complexity index is 470. The normalized spacial score (nSPS) is 21.8. The average Bonchev–Trinajstić information content (AvgIpc) is 2.39. The Kier molecular flexibility index (Phi) is 6.23. The van der Waals surface area contributed by atoms with Gasteiger partial charge in [0.1, 0.15) is 0 Å². The molecule has 0 aliphatic carbocycles. The number of carbonyl (C=O) groups excluding carboxylic acids is 1. The summed E-state index contributed by atoms with van der Waals surface area (Å²) < 4.78 is 18.4. The number of amides is 1. The first-order chi connectivity index (χ1) is 9.10. The Hall–Kier alpha value is -1.33. The molecule has 0 saturated carbocycles. The molecule has 20 heavy (non-hydrogen) atoms. The molecule has 1 aromatic carbocycles. The van der Waals surface area contributed by atoms with E-state index < -0.39 is 5.82 Å². The van der Waals surface area contributed by atoms with Gasteiger partial charge in [-0.3, -0.25) is 4.79 Å². The number of nitrogens with one attached hydrogen (secondary N) is 2. The summed E-state index contributed by atoms with van der Waals surface area (Å²) in [5.41, 5.74) is 0.467. The van der Waals surface area contributed by atoms with Gasteiger partial charge in [0.15, 0.2) is 11.6 Å². The van der Waals surface area contributed by atoms with Crippen LogP contribution in [0.25, 0.3) is 0 Å². The summed E-state index contributed by atoms with van der Waals surface area (Å²) >= 11 is 0. The highest BCUT2D eigenvalue weighted by Gasteiger charge is 2.24. The van der Waals surface area contributed by atoms with Crippen LogP contribution < -0.4 is 15.4 Å². The molecule has 1 aliphatic heterocycles. The number of rotatable bonds is 3. The molecule has 2 N–H and O–H groups in total. The van der Waals surface area contributed by atoms with E-state index in [9.17, 15) is 9.18 Å². The second-order valence-corrected chi connectivity index (χ2v) is 4.92. The molecule has 0 aromatic heterocycles. The van der Waals surface area contributed by atoms with Crippen molar-refractivity contribution in [2.75, 3.05) is 19.0 Å². The molecule has 1 aromatic rings. The van der Waals surface area contributed by atoms with Crippen molar-refractivity contribution in [3.63, 3.8) is 0 Å². The SMILES string of the molecule is COc1ccc(NC(=O)[C@H]2CCN[C@@H](C)C2)cc1F.Cl. The summed E-state index contributed by atoms with van der Waals surface area (Å²) in [4.78, 5) is 12.1. The minimum Gasteiger partial charge on any atom is -0.494 e. The molecule has 1 heterocycles. The number of hydrogen-bond acceptors (Lipinski definition) is 3. The van der Waals surface area contributed by atoms with Gasteiger partial charge in [0.2, 0.25) is 5.91 Å². The predicted octanol–water partition coefficient (Wildman–Crippen LogP) is 2.58. The number of hydrogen-bond donors (Lipinski definition) is 2. The van der Waals surface area contributed by atoms with Crippen LogP contribution in [0.4, 0.5) is 10.1 Å². The first kappa shape index (κ1) is 16.7. The molecular formula is C14H20ClFN2O2. The van der Waals surface area contributed by atoms with Crippen molar-refractivity contribution in [3.8, 4) is 5.75 Å². The van der Waals surface area contributed by atoms with Crippen LogP contribution in [0, 0.1) is 11.7 Å². The number of halogens is 2. The summed E-state index contributed by atoms with van der Waals surface area (Å²) in [6.07, 6.45) is 1.62. The van der Waals surface area contributed by atoms with Crippen molar-refractivity contribution < 1.29 is 13.9 Å². The summed E-state index contributed by atoms with van der Waals surface area (Å²) in [5.74, 6) is -0.355. The monoisotopic (exact) mass is 302 g/mol. The molecule has 0 unspecified atom stereocenters. The molecule has 2 rings (SSSR count). The van der Waals surface area contributed by atoms with E-state index in [0.717, 1.165) is 19.4 Å². The lowest BCUT2D eigenvalue weighted by Crippen LogP contribution is -2.40. The zero-order valence-corrected chi connectivity index (χ0v) is 12.4. The zero-order valence-electron chi connectivity index (χ0n) is 11.6. The summed E-state index contributed by atoms with van der Waals surface area (Å²) in [7, 11) is 1.41. The summed E-state index contributed by atoms with van der Waals surface area (Å²) in [5, 5.41) is 6.06. The van der Waals surface area contributed by atoms with Gasteiger partial charge in [0.25, 0.3) is 0 Å². The molecule has 1 saturated heterocycles. The van der Waals surface area contributed by atoms with Gasteiger partial charge in [-0.1, -0.05) is 0 Å². The van der Waals surface area contributed by atoms with Crippen molar-refractivity contribution in [2.45, 2.75) is 25.8 Å². The van der Waals surface area contributed by atoms with Gasteiger partial charge >= 0.3 is 0 Å². The van der Waals surface area contributed by atoms with Crippen LogP contribution in [0.3, 0.4) is 0 Å². The van der Waals surface area contributed by atoms with Crippen molar-refractivity contribution in [2.24, 2.45) is 5.92 Å². The maximum absolute atomic E-state index is 13.5. The average molecular weight is 303 g/mol. The maximum atomic E-state index is 13.5. The Labute approximate surface area is 124 Å². The number of piperidine rings is 1. The number of anilines is 1. The van der Waals surface area contributed by atoms with Crippen molar-refractivity contribution in [1.82, 2.24) is 5.32 Å². The quantitative estimate of drug-likeness (QED) is 0.902. The number of benzene rings is 1.